The molecule has 2 saturated carbocycles. The van der Waals surface area contributed by atoms with Crippen molar-refractivity contribution >= 4 is 29.6 Å². The number of carboxylic acids is 1. The second kappa shape index (κ2) is 11.4. The standard InChI is InChI=1S/C26H33F4N3O6/c1-12(21(34)31-11-26(28,29)30)15-9-17(27)18(10-16(15)23(36)37)32-22(35)20(33-24(38)39-25(2,3)4)19(13-5-6-13)14-7-8-14/h9-10,12-14,19-20H,5-8,11H2,1-4H3,(H,31,34)(H,32,35)(H,33,38)(H,36,37)/t12?,20-/m0/s1. The van der Waals surface area contributed by atoms with Crippen LogP contribution in [0.2, 0.25) is 0 Å². The molecule has 0 spiro atoms. The van der Waals surface area contributed by atoms with Crippen LogP contribution in [-0.4, -0.2) is 53.3 Å². The first kappa shape index (κ1) is 30.2. The number of aromatic carboxylic acids is 1. The molecule has 1 aromatic carbocycles. The molecule has 2 aliphatic carbocycles. The summed E-state index contributed by atoms with van der Waals surface area (Å²) < 4.78 is 57.8. The molecule has 2 atom stereocenters. The molecule has 13 heteroatoms. The Labute approximate surface area is 223 Å². The third-order valence-corrected chi connectivity index (χ3v) is 6.62. The number of hydrogen-bond acceptors (Lipinski definition) is 5. The first-order valence-electron chi connectivity index (χ1n) is 12.7. The smallest absolute Gasteiger partial charge is 0.408 e. The minimum Gasteiger partial charge on any atom is -0.478 e. The highest BCUT2D eigenvalue weighted by molar-refractivity contribution is 5.99. The number of carbonyl (C=O) groups excluding carboxylic acids is 3. The van der Waals surface area contributed by atoms with Crippen molar-refractivity contribution in [2.45, 2.75) is 77.1 Å². The molecule has 1 unspecified atom stereocenters. The number of rotatable bonds is 10. The molecule has 0 radical (unpaired) electrons. The third-order valence-electron chi connectivity index (χ3n) is 6.62. The average molecular weight is 560 g/mol. The van der Waals surface area contributed by atoms with E-state index >= 15 is 4.39 Å². The Morgan fingerprint density at radius 1 is 1.03 bits per heavy atom. The van der Waals surface area contributed by atoms with Gasteiger partial charge in [-0.25, -0.2) is 14.0 Å². The van der Waals surface area contributed by atoms with E-state index in [2.05, 4.69) is 10.6 Å². The van der Waals surface area contributed by atoms with Crippen LogP contribution < -0.4 is 16.0 Å². The summed E-state index contributed by atoms with van der Waals surface area (Å²) in [7, 11) is 0. The molecule has 2 fully saturated rings. The normalized spacial score (nSPS) is 17.3. The maximum Gasteiger partial charge on any atom is 0.408 e. The van der Waals surface area contributed by atoms with Crippen molar-refractivity contribution < 1.29 is 46.6 Å². The van der Waals surface area contributed by atoms with Gasteiger partial charge in [0.1, 0.15) is 24.0 Å². The van der Waals surface area contributed by atoms with Crippen LogP contribution in [0.25, 0.3) is 0 Å². The van der Waals surface area contributed by atoms with Gasteiger partial charge in [-0.3, -0.25) is 9.59 Å². The second-order valence-electron chi connectivity index (χ2n) is 11.1. The van der Waals surface area contributed by atoms with Gasteiger partial charge in [0.2, 0.25) is 11.8 Å². The van der Waals surface area contributed by atoms with Crippen LogP contribution in [0, 0.1) is 23.6 Å². The van der Waals surface area contributed by atoms with E-state index in [1.807, 2.05) is 0 Å². The summed E-state index contributed by atoms with van der Waals surface area (Å²) >= 11 is 0. The van der Waals surface area contributed by atoms with Crippen molar-refractivity contribution in [2.24, 2.45) is 17.8 Å². The van der Waals surface area contributed by atoms with Gasteiger partial charge in [-0.2, -0.15) is 13.2 Å². The molecule has 1 aromatic rings. The predicted molar refractivity (Wildman–Crippen MR) is 132 cm³/mol. The highest BCUT2D eigenvalue weighted by Gasteiger charge is 2.48. The van der Waals surface area contributed by atoms with Gasteiger partial charge >= 0.3 is 18.2 Å². The minimum atomic E-state index is -4.69. The van der Waals surface area contributed by atoms with E-state index in [9.17, 15) is 37.5 Å². The lowest BCUT2D eigenvalue weighted by molar-refractivity contribution is -0.139. The number of alkyl halides is 3. The molecule has 0 saturated heterocycles. The number of ether oxygens (including phenoxy) is 1. The van der Waals surface area contributed by atoms with Crippen LogP contribution in [0.4, 0.5) is 28.0 Å². The van der Waals surface area contributed by atoms with E-state index in [4.69, 9.17) is 4.74 Å². The summed E-state index contributed by atoms with van der Waals surface area (Å²) in [5.41, 5.74) is -2.28. The number of hydrogen-bond donors (Lipinski definition) is 4. The summed E-state index contributed by atoms with van der Waals surface area (Å²) in [6.45, 7) is 4.49. The van der Waals surface area contributed by atoms with E-state index in [0.717, 1.165) is 38.7 Å². The molecule has 2 aliphatic rings. The van der Waals surface area contributed by atoms with Crippen molar-refractivity contribution in [3.63, 3.8) is 0 Å². The van der Waals surface area contributed by atoms with Gasteiger partial charge in [0, 0.05) is 0 Å². The first-order chi connectivity index (χ1) is 18.0. The quantitative estimate of drug-likeness (QED) is 0.310. The van der Waals surface area contributed by atoms with Crippen molar-refractivity contribution in [3.8, 4) is 0 Å². The van der Waals surface area contributed by atoms with Crippen molar-refractivity contribution in [1.82, 2.24) is 10.6 Å². The number of nitrogens with one attached hydrogen (secondary N) is 3. The Kier molecular flexibility index (Phi) is 8.81. The maximum absolute atomic E-state index is 15.1. The molecule has 0 heterocycles. The highest BCUT2D eigenvalue weighted by atomic mass is 19.4. The zero-order chi connectivity index (χ0) is 29.3. The van der Waals surface area contributed by atoms with Crippen LogP contribution >= 0.6 is 0 Å². The first-order valence-corrected chi connectivity index (χ1v) is 12.7. The zero-order valence-corrected chi connectivity index (χ0v) is 22.1. The molecule has 3 amide bonds. The van der Waals surface area contributed by atoms with Crippen LogP contribution in [0.3, 0.4) is 0 Å². The van der Waals surface area contributed by atoms with Gasteiger partial charge in [-0.1, -0.05) is 0 Å². The molecular formula is C26H33F4N3O6. The lowest BCUT2D eigenvalue weighted by Crippen LogP contribution is -2.51. The minimum absolute atomic E-state index is 0.195. The Hall–Kier alpha value is -3.38. The fraction of sp³-hybridized carbons (Fsp3) is 0.615. The summed E-state index contributed by atoms with van der Waals surface area (Å²) in [6.07, 6.45) is -2.01. The number of benzene rings is 1. The van der Waals surface area contributed by atoms with E-state index in [-0.39, 0.29) is 23.3 Å². The van der Waals surface area contributed by atoms with Crippen molar-refractivity contribution in [1.29, 1.82) is 0 Å². The molecule has 0 bridgehead atoms. The number of carboxylic acid groups (broad SMARTS) is 1. The van der Waals surface area contributed by atoms with Gasteiger partial charge in [-0.05, 0) is 88.8 Å². The van der Waals surface area contributed by atoms with Crippen LogP contribution in [-0.2, 0) is 14.3 Å². The van der Waals surface area contributed by atoms with Crippen molar-refractivity contribution in [3.05, 3.63) is 29.1 Å². The number of alkyl carbamates (subject to hydrolysis) is 1. The largest absolute Gasteiger partial charge is 0.478 e. The maximum atomic E-state index is 15.1. The number of amides is 3. The van der Waals surface area contributed by atoms with Gasteiger partial charge in [0.25, 0.3) is 0 Å². The van der Waals surface area contributed by atoms with Gasteiger partial charge < -0.3 is 25.8 Å². The fourth-order valence-electron chi connectivity index (χ4n) is 4.58. The molecule has 9 nitrogen and oxygen atoms in total. The summed E-state index contributed by atoms with van der Waals surface area (Å²) in [6, 6.07) is 0.442. The Morgan fingerprint density at radius 2 is 1.59 bits per heavy atom. The van der Waals surface area contributed by atoms with Crippen molar-refractivity contribution in [2.75, 3.05) is 11.9 Å². The van der Waals surface area contributed by atoms with E-state index in [0.29, 0.717) is 6.07 Å². The lowest BCUT2D eigenvalue weighted by Gasteiger charge is -2.29. The molecular weight excluding hydrogens is 526 g/mol. The predicted octanol–water partition coefficient (Wildman–Crippen LogP) is 4.57. The Morgan fingerprint density at radius 3 is 2.05 bits per heavy atom. The fourth-order valence-corrected chi connectivity index (χ4v) is 4.58. The van der Waals surface area contributed by atoms with Crippen LogP contribution in [0.5, 0.6) is 0 Å². The monoisotopic (exact) mass is 559 g/mol. The third kappa shape index (κ3) is 8.56. The number of carbonyl (C=O) groups is 4. The Balaban J connectivity index is 1.86. The van der Waals surface area contributed by atoms with E-state index in [1.165, 1.54) is 0 Å². The zero-order valence-electron chi connectivity index (χ0n) is 22.1. The van der Waals surface area contributed by atoms with Crippen LogP contribution in [0.15, 0.2) is 12.1 Å². The van der Waals surface area contributed by atoms with Crippen LogP contribution in [0.1, 0.15) is 75.2 Å². The van der Waals surface area contributed by atoms with Gasteiger partial charge in [0.05, 0.1) is 17.2 Å². The highest BCUT2D eigenvalue weighted by Crippen LogP contribution is 2.51. The summed E-state index contributed by atoms with van der Waals surface area (Å²) in [4.78, 5) is 50.1. The molecule has 216 valence electrons. The van der Waals surface area contributed by atoms with Gasteiger partial charge in [0.15, 0.2) is 0 Å². The molecule has 0 aliphatic heterocycles. The molecule has 3 rings (SSSR count). The topological polar surface area (TPSA) is 134 Å². The molecule has 39 heavy (non-hydrogen) atoms. The molecule has 0 aromatic heterocycles. The lowest BCUT2D eigenvalue weighted by atomic mass is 9.88. The van der Waals surface area contributed by atoms with E-state index < -0.39 is 71.2 Å². The SMILES string of the molecule is CC(C(=O)NCC(F)(F)F)c1cc(F)c(NC(=O)[C@@H](NC(=O)OC(C)(C)C)C(C2CC2)C2CC2)cc1C(=O)O. The van der Waals surface area contributed by atoms with Gasteiger partial charge in [-0.15, -0.1) is 0 Å². The second-order valence-corrected chi connectivity index (χ2v) is 11.1. The number of halogens is 4. The van der Waals surface area contributed by atoms with E-state index in [1.54, 1.807) is 26.1 Å². The summed E-state index contributed by atoms with van der Waals surface area (Å²) in [5, 5.41) is 16.3. The summed E-state index contributed by atoms with van der Waals surface area (Å²) in [5.74, 6) is -5.84. The number of anilines is 1. The molecule has 4 N–H and O–H groups in total. The Bertz CT molecular complexity index is 1110. The average Bonchev–Trinajstić information content (AvgIpc) is 3.70.